The quantitative estimate of drug-likeness (QED) is 0.514. The lowest BCUT2D eigenvalue weighted by molar-refractivity contribution is -0.149. The summed E-state index contributed by atoms with van der Waals surface area (Å²) in [4.78, 5) is 26.4. The smallest absolute Gasteiger partial charge is 0.268 e. The fourth-order valence-corrected chi connectivity index (χ4v) is 3.34. The first-order valence-corrected chi connectivity index (χ1v) is 9.30. The van der Waals surface area contributed by atoms with Crippen molar-refractivity contribution < 1.29 is 19.1 Å². The summed E-state index contributed by atoms with van der Waals surface area (Å²) in [6.07, 6.45) is -0.0400. The Bertz CT molecular complexity index is 862. The summed E-state index contributed by atoms with van der Waals surface area (Å²) in [5.41, 5.74) is -1.38. The number of hydrogen-bond acceptors (Lipinski definition) is 3. The fourth-order valence-electron chi connectivity index (χ4n) is 2.79. The Hall–Kier alpha value is -1.71. The molecule has 8 heteroatoms. The standard InChI is InChI=1S/C18H15ClFIN2O3/c19-14-3-1-2-11(15(14)20)10-22-16(24)18(26)8-9-23(17(18)25)13-6-4-12(21)5-7-13/h1-7,26H,8-10H2,(H,22,24)/t18-/m1/s1. The maximum absolute atomic E-state index is 13.9. The molecule has 2 aromatic carbocycles. The lowest BCUT2D eigenvalue weighted by Gasteiger charge is -2.22. The van der Waals surface area contributed by atoms with Gasteiger partial charge in [0, 0.05) is 34.3 Å². The van der Waals surface area contributed by atoms with Crippen LogP contribution >= 0.6 is 34.2 Å². The van der Waals surface area contributed by atoms with Crippen LogP contribution in [0.5, 0.6) is 0 Å². The van der Waals surface area contributed by atoms with Gasteiger partial charge in [-0.3, -0.25) is 9.59 Å². The Morgan fingerprint density at radius 1 is 1.31 bits per heavy atom. The second-order valence-corrected chi connectivity index (χ2v) is 7.59. The molecule has 0 unspecified atom stereocenters. The van der Waals surface area contributed by atoms with Gasteiger partial charge >= 0.3 is 0 Å². The Balaban J connectivity index is 1.71. The Morgan fingerprint density at radius 2 is 2.00 bits per heavy atom. The minimum atomic E-state index is -2.17. The Morgan fingerprint density at radius 3 is 2.69 bits per heavy atom. The normalized spacial score (nSPS) is 19.7. The number of carbonyl (C=O) groups excluding carboxylic acids is 2. The summed E-state index contributed by atoms with van der Waals surface area (Å²) in [7, 11) is 0. The number of halogens is 3. The van der Waals surface area contributed by atoms with E-state index >= 15 is 0 Å². The highest BCUT2D eigenvalue weighted by molar-refractivity contribution is 14.1. The van der Waals surface area contributed by atoms with Gasteiger partial charge in [-0.05, 0) is 52.9 Å². The van der Waals surface area contributed by atoms with Gasteiger partial charge in [0.1, 0.15) is 5.82 Å². The fraction of sp³-hybridized carbons (Fsp3) is 0.222. The molecule has 2 aromatic rings. The van der Waals surface area contributed by atoms with Gasteiger partial charge in [-0.1, -0.05) is 23.7 Å². The summed E-state index contributed by atoms with van der Waals surface area (Å²) in [5.74, 6) is -2.18. The van der Waals surface area contributed by atoms with Gasteiger partial charge in [-0.2, -0.15) is 0 Å². The van der Waals surface area contributed by atoms with Crippen LogP contribution in [-0.2, 0) is 16.1 Å². The van der Waals surface area contributed by atoms with Gasteiger partial charge in [-0.25, -0.2) is 4.39 Å². The van der Waals surface area contributed by atoms with E-state index < -0.39 is 23.2 Å². The molecule has 1 saturated heterocycles. The van der Waals surface area contributed by atoms with Crippen molar-refractivity contribution in [2.24, 2.45) is 0 Å². The van der Waals surface area contributed by atoms with E-state index in [-0.39, 0.29) is 30.1 Å². The third kappa shape index (κ3) is 3.56. The molecule has 3 rings (SSSR count). The number of hydrogen-bond donors (Lipinski definition) is 2. The van der Waals surface area contributed by atoms with E-state index in [0.717, 1.165) is 3.57 Å². The first-order valence-electron chi connectivity index (χ1n) is 7.84. The number of anilines is 1. The predicted molar refractivity (Wildman–Crippen MR) is 104 cm³/mol. The average Bonchev–Trinajstić information content (AvgIpc) is 2.93. The number of carbonyl (C=O) groups is 2. The van der Waals surface area contributed by atoms with Crippen molar-refractivity contribution in [3.63, 3.8) is 0 Å². The Kier molecular flexibility index (Phi) is 5.50. The number of nitrogens with one attached hydrogen (secondary N) is 1. The van der Waals surface area contributed by atoms with Crippen molar-refractivity contribution in [2.45, 2.75) is 18.6 Å². The van der Waals surface area contributed by atoms with Crippen LogP contribution in [-0.4, -0.2) is 29.1 Å². The zero-order valence-corrected chi connectivity index (χ0v) is 16.4. The average molecular weight is 489 g/mol. The van der Waals surface area contributed by atoms with E-state index in [9.17, 15) is 19.1 Å². The number of nitrogens with zero attached hydrogens (tertiary/aromatic N) is 1. The van der Waals surface area contributed by atoms with Gasteiger partial charge in [0.2, 0.25) is 5.60 Å². The number of benzene rings is 2. The van der Waals surface area contributed by atoms with E-state index in [1.165, 1.54) is 17.0 Å². The van der Waals surface area contributed by atoms with Gasteiger partial charge in [0.05, 0.1) is 5.02 Å². The van der Waals surface area contributed by atoms with Crippen LogP contribution < -0.4 is 10.2 Å². The molecule has 5 nitrogen and oxygen atoms in total. The van der Waals surface area contributed by atoms with Gasteiger partial charge < -0.3 is 15.3 Å². The highest BCUT2D eigenvalue weighted by Crippen LogP contribution is 2.29. The topological polar surface area (TPSA) is 69.6 Å². The molecule has 0 aromatic heterocycles. The van der Waals surface area contributed by atoms with Crippen molar-refractivity contribution in [2.75, 3.05) is 11.4 Å². The molecule has 0 saturated carbocycles. The molecule has 136 valence electrons. The summed E-state index contributed by atoms with van der Waals surface area (Å²) in [5, 5.41) is 13.0. The molecule has 0 radical (unpaired) electrons. The van der Waals surface area contributed by atoms with Crippen LogP contribution in [0.15, 0.2) is 42.5 Å². The maximum atomic E-state index is 13.9. The lowest BCUT2D eigenvalue weighted by Crippen LogP contribution is -2.52. The maximum Gasteiger partial charge on any atom is 0.268 e. The van der Waals surface area contributed by atoms with Crippen molar-refractivity contribution in [3.05, 3.63) is 62.4 Å². The van der Waals surface area contributed by atoms with Crippen LogP contribution in [0.4, 0.5) is 10.1 Å². The molecule has 1 fully saturated rings. The molecule has 1 atom stereocenters. The van der Waals surface area contributed by atoms with Crippen molar-refractivity contribution in [1.29, 1.82) is 0 Å². The molecule has 1 aliphatic rings. The summed E-state index contributed by atoms with van der Waals surface area (Å²) >= 11 is 7.85. The SMILES string of the molecule is O=C(NCc1cccc(Cl)c1F)[C@]1(O)CCN(c2ccc(I)cc2)C1=O. The monoisotopic (exact) mass is 488 g/mol. The van der Waals surface area contributed by atoms with Gasteiger partial charge in [0.25, 0.3) is 11.8 Å². The first kappa shape index (κ1) is 19.1. The largest absolute Gasteiger partial charge is 0.372 e. The van der Waals surface area contributed by atoms with Crippen LogP contribution in [0.1, 0.15) is 12.0 Å². The zero-order valence-electron chi connectivity index (χ0n) is 13.5. The third-order valence-corrected chi connectivity index (χ3v) is 5.29. The van der Waals surface area contributed by atoms with E-state index in [1.54, 1.807) is 18.2 Å². The molecule has 1 heterocycles. The molecule has 0 spiro atoms. The molecule has 0 bridgehead atoms. The highest BCUT2D eigenvalue weighted by Gasteiger charge is 2.51. The molecule has 2 N–H and O–H groups in total. The van der Waals surface area contributed by atoms with E-state index in [4.69, 9.17) is 11.6 Å². The van der Waals surface area contributed by atoms with E-state index in [2.05, 4.69) is 27.9 Å². The van der Waals surface area contributed by atoms with Crippen molar-refractivity contribution >= 4 is 51.7 Å². The lowest BCUT2D eigenvalue weighted by atomic mass is 10.0. The van der Waals surface area contributed by atoms with E-state index in [0.29, 0.717) is 5.69 Å². The van der Waals surface area contributed by atoms with Crippen molar-refractivity contribution in [3.8, 4) is 0 Å². The molecular weight excluding hydrogens is 474 g/mol. The first-order chi connectivity index (χ1) is 12.3. The highest BCUT2D eigenvalue weighted by atomic mass is 127. The number of rotatable bonds is 4. The molecule has 2 amide bonds. The minimum absolute atomic E-state index is 0.0400. The van der Waals surface area contributed by atoms with Crippen LogP contribution in [0.25, 0.3) is 0 Å². The minimum Gasteiger partial charge on any atom is -0.372 e. The zero-order chi connectivity index (χ0) is 18.9. The second-order valence-electron chi connectivity index (χ2n) is 5.94. The van der Waals surface area contributed by atoms with E-state index in [1.807, 2.05) is 12.1 Å². The summed E-state index contributed by atoms with van der Waals surface area (Å²) in [6.45, 7) is 0.0409. The van der Waals surface area contributed by atoms with Crippen LogP contribution in [0.3, 0.4) is 0 Å². The molecule has 1 aliphatic heterocycles. The van der Waals surface area contributed by atoms with Crippen LogP contribution in [0, 0.1) is 9.39 Å². The van der Waals surface area contributed by atoms with Gasteiger partial charge in [-0.15, -0.1) is 0 Å². The number of aliphatic hydroxyl groups is 1. The van der Waals surface area contributed by atoms with Gasteiger partial charge in [0.15, 0.2) is 0 Å². The third-order valence-electron chi connectivity index (χ3n) is 4.28. The molecule has 0 aliphatic carbocycles. The number of amides is 2. The molecular formula is C18H15ClFIN2O3. The van der Waals surface area contributed by atoms with Crippen LogP contribution in [0.2, 0.25) is 5.02 Å². The molecule has 26 heavy (non-hydrogen) atoms. The summed E-state index contributed by atoms with van der Waals surface area (Å²) < 4.78 is 14.9. The Labute approximate surface area is 168 Å². The van der Waals surface area contributed by atoms with Crippen molar-refractivity contribution in [1.82, 2.24) is 5.32 Å². The summed E-state index contributed by atoms with van der Waals surface area (Å²) in [6, 6.07) is 11.6. The second kappa shape index (κ2) is 7.50. The predicted octanol–water partition coefficient (Wildman–Crippen LogP) is 2.87.